The van der Waals surface area contributed by atoms with Crippen LogP contribution in [0.3, 0.4) is 0 Å². The summed E-state index contributed by atoms with van der Waals surface area (Å²) in [7, 11) is -0.343. The monoisotopic (exact) mass is 290 g/mol. The van der Waals surface area contributed by atoms with Gasteiger partial charge in [0.25, 0.3) is 0 Å². The Morgan fingerprint density at radius 2 is 1.67 bits per heavy atom. The number of anilines is 1. The lowest BCUT2D eigenvalue weighted by molar-refractivity contribution is 0.00578. The van der Waals surface area contributed by atoms with Crippen LogP contribution in [0, 0.1) is 0 Å². The fraction of sp³-hybridized carbons (Fsp3) is 0.688. The van der Waals surface area contributed by atoms with Crippen LogP contribution in [0.2, 0.25) is 0 Å². The van der Waals surface area contributed by atoms with E-state index in [1.807, 2.05) is 18.3 Å². The first-order valence-electron chi connectivity index (χ1n) is 7.87. The van der Waals surface area contributed by atoms with Crippen molar-refractivity contribution < 1.29 is 9.31 Å². The maximum absolute atomic E-state index is 6.03. The Kier molecular flexibility index (Phi) is 4.64. The molecule has 0 bridgehead atoms. The van der Waals surface area contributed by atoms with E-state index in [2.05, 4.69) is 51.8 Å². The summed E-state index contributed by atoms with van der Waals surface area (Å²) >= 11 is 0. The Bertz CT molecular complexity index is 454. The highest BCUT2D eigenvalue weighted by molar-refractivity contribution is 6.62. The van der Waals surface area contributed by atoms with E-state index in [0.717, 1.165) is 24.1 Å². The van der Waals surface area contributed by atoms with Gasteiger partial charge in [0.1, 0.15) is 5.82 Å². The third kappa shape index (κ3) is 3.41. The SMILES string of the molecule is CCC(CC)Nc1ccc(B2OC(C)(C)C(C)(C)O2)cn1. The van der Waals surface area contributed by atoms with Crippen LogP contribution in [0.4, 0.5) is 5.82 Å². The Morgan fingerprint density at radius 1 is 1.10 bits per heavy atom. The molecule has 0 spiro atoms. The van der Waals surface area contributed by atoms with Crippen molar-refractivity contribution in [3.8, 4) is 0 Å². The van der Waals surface area contributed by atoms with Crippen LogP contribution in [0.25, 0.3) is 0 Å². The number of aromatic nitrogens is 1. The van der Waals surface area contributed by atoms with Gasteiger partial charge in [0, 0.05) is 17.7 Å². The van der Waals surface area contributed by atoms with Crippen molar-refractivity contribution in [2.24, 2.45) is 0 Å². The molecule has 0 radical (unpaired) electrons. The van der Waals surface area contributed by atoms with E-state index in [-0.39, 0.29) is 18.3 Å². The second-order valence-corrected chi connectivity index (χ2v) is 6.72. The van der Waals surface area contributed by atoms with Crippen LogP contribution < -0.4 is 10.8 Å². The molecule has 1 saturated heterocycles. The molecule has 1 N–H and O–H groups in total. The molecule has 5 heteroatoms. The Morgan fingerprint density at radius 3 is 2.10 bits per heavy atom. The molecular formula is C16H27BN2O2. The number of hydrogen-bond acceptors (Lipinski definition) is 4. The van der Waals surface area contributed by atoms with Crippen LogP contribution in [-0.4, -0.2) is 29.3 Å². The van der Waals surface area contributed by atoms with Crippen molar-refractivity contribution in [1.29, 1.82) is 0 Å². The second-order valence-electron chi connectivity index (χ2n) is 6.72. The first-order valence-corrected chi connectivity index (χ1v) is 7.87. The average Bonchev–Trinajstić information content (AvgIpc) is 2.65. The van der Waals surface area contributed by atoms with Crippen LogP contribution in [0.15, 0.2) is 18.3 Å². The summed E-state index contributed by atoms with van der Waals surface area (Å²) < 4.78 is 12.1. The Hall–Kier alpha value is -1.07. The molecule has 0 unspecified atom stereocenters. The maximum Gasteiger partial charge on any atom is 0.496 e. The molecular weight excluding hydrogens is 263 g/mol. The molecule has 0 atom stereocenters. The zero-order chi connectivity index (χ0) is 15.7. The number of nitrogens with one attached hydrogen (secondary N) is 1. The number of pyridine rings is 1. The first kappa shape index (κ1) is 16.3. The normalized spacial score (nSPS) is 20.0. The number of nitrogens with zero attached hydrogens (tertiary/aromatic N) is 1. The summed E-state index contributed by atoms with van der Waals surface area (Å²) in [6.07, 6.45) is 4.03. The highest BCUT2D eigenvalue weighted by Crippen LogP contribution is 2.36. The topological polar surface area (TPSA) is 43.4 Å². The Labute approximate surface area is 128 Å². The van der Waals surface area contributed by atoms with Gasteiger partial charge in [-0.1, -0.05) is 19.9 Å². The van der Waals surface area contributed by atoms with E-state index in [4.69, 9.17) is 9.31 Å². The van der Waals surface area contributed by atoms with Gasteiger partial charge >= 0.3 is 7.12 Å². The summed E-state index contributed by atoms with van der Waals surface area (Å²) in [6, 6.07) is 4.50. The quantitative estimate of drug-likeness (QED) is 0.847. The maximum atomic E-state index is 6.03. The Balaban J connectivity index is 2.07. The van der Waals surface area contributed by atoms with E-state index >= 15 is 0 Å². The minimum atomic E-state index is -0.343. The van der Waals surface area contributed by atoms with Gasteiger partial charge in [0.05, 0.1) is 11.2 Å². The van der Waals surface area contributed by atoms with Gasteiger partial charge in [-0.2, -0.15) is 0 Å². The first-order chi connectivity index (χ1) is 9.79. The van der Waals surface area contributed by atoms with Gasteiger partial charge in [-0.15, -0.1) is 0 Å². The van der Waals surface area contributed by atoms with Crippen LogP contribution in [0.5, 0.6) is 0 Å². The lowest BCUT2D eigenvalue weighted by atomic mass is 9.80. The summed E-state index contributed by atoms with van der Waals surface area (Å²) in [5.41, 5.74) is 0.331. The standard InChI is InChI=1S/C16H27BN2O2/c1-7-13(8-2)19-14-10-9-12(11-18-14)17-20-15(3,4)16(5,6)21-17/h9-11,13H,7-8H2,1-6H3,(H,18,19). The van der Waals surface area contributed by atoms with Crippen LogP contribution in [0.1, 0.15) is 54.4 Å². The molecule has 0 aromatic carbocycles. The highest BCUT2D eigenvalue weighted by atomic mass is 16.7. The zero-order valence-corrected chi connectivity index (χ0v) is 14.1. The predicted molar refractivity (Wildman–Crippen MR) is 87.9 cm³/mol. The fourth-order valence-corrected chi connectivity index (χ4v) is 2.31. The predicted octanol–water partition coefficient (Wildman–Crippen LogP) is 2.98. The van der Waals surface area contributed by atoms with Crippen LogP contribution in [-0.2, 0) is 9.31 Å². The minimum Gasteiger partial charge on any atom is -0.399 e. The third-order valence-electron chi connectivity index (χ3n) is 4.65. The molecule has 1 aliphatic heterocycles. The van der Waals surface area contributed by atoms with Gasteiger partial charge in [-0.3, -0.25) is 0 Å². The molecule has 21 heavy (non-hydrogen) atoms. The van der Waals surface area contributed by atoms with Gasteiger partial charge in [-0.25, -0.2) is 4.98 Å². The summed E-state index contributed by atoms with van der Waals surface area (Å²) in [5, 5.41) is 3.44. The highest BCUT2D eigenvalue weighted by Gasteiger charge is 2.51. The molecule has 2 heterocycles. The van der Waals surface area contributed by atoms with E-state index in [0.29, 0.717) is 6.04 Å². The molecule has 116 valence electrons. The molecule has 1 aromatic rings. The third-order valence-corrected chi connectivity index (χ3v) is 4.65. The van der Waals surface area contributed by atoms with Crippen molar-refractivity contribution in [2.75, 3.05) is 5.32 Å². The van der Waals surface area contributed by atoms with Crippen LogP contribution >= 0.6 is 0 Å². The van der Waals surface area contributed by atoms with Gasteiger partial charge in [0.2, 0.25) is 0 Å². The molecule has 1 aliphatic rings. The average molecular weight is 290 g/mol. The van der Waals surface area contributed by atoms with Crippen molar-refractivity contribution >= 4 is 18.4 Å². The van der Waals surface area contributed by atoms with Gasteiger partial charge in [0.15, 0.2) is 0 Å². The van der Waals surface area contributed by atoms with Crippen molar-refractivity contribution in [1.82, 2.24) is 4.98 Å². The fourth-order valence-electron chi connectivity index (χ4n) is 2.31. The lowest BCUT2D eigenvalue weighted by Crippen LogP contribution is -2.41. The molecule has 1 fully saturated rings. The number of hydrogen-bond donors (Lipinski definition) is 1. The molecule has 2 rings (SSSR count). The molecule has 0 saturated carbocycles. The number of rotatable bonds is 5. The van der Waals surface area contributed by atoms with Gasteiger partial charge in [-0.05, 0) is 46.6 Å². The van der Waals surface area contributed by atoms with Crippen molar-refractivity contribution in [3.63, 3.8) is 0 Å². The summed E-state index contributed by atoms with van der Waals surface area (Å²) in [6.45, 7) is 12.6. The zero-order valence-electron chi connectivity index (χ0n) is 14.1. The van der Waals surface area contributed by atoms with E-state index in [1.165, 1.54) is 0 Å². The summed E-state index contributed by atoms with van der Waals surface area (Å²) in [5.74, 6) is 0.906. The van der Waals surface area contributed by atoms with Gasteiger partial charge < -0.3 is 14.6 Å². The molecule has 0 aliphatic carbocycles. The minimum absolute atomic E-state index is 0.315. The van der Waals surface area contributed by atoms with E-state index in [1.54, 1.807) is 0 Å². The van der Waals surface area contributed by atoms with E-state index in [9.17, 15) is 0 Å². The smallest absolute Gasteiger partial charge is 0.399 e. The lowest BCUT2D eigenvalue weighted by Gasteiger charge is -2.32. The largest absolute Gasteiger partial charge is 0.496 e. The van der Waals surface area contributed by atoms with Crippen molar-refractivity contribution in [3.05, 3.63) is 18.3 Å². The molecule has 0 amide bonds. The molecule has 1 aromatic heterocycles. The van der Waals surface area contributed by atoms with Crippen molar-refractivity contribution in [2.45, 2.75) is 71.6 Å². The van der Waals surface area contributed by atoms with E-state index < -0.39 is 0 Å². The molecule has 4 nitrogen and oxygen atoms in total. The second kappa shape index (κ2) is 5.97. The summed E-state index contributed by atoms with van der Waals surface area (Å²) in [4.78, 5) is 4.48.